The Labute approximate surface area is 138 Å². The summed E-state index contributed by atoms with van der Waals surface area (Å²) in [7, 11) is 0. The molecule has 0 fully saturated rings. The van der Waals surface area contributed by atoms with Gasteiger partial charge in [0, 0.05) is 58.5 Å². The van der Waals surface area contributed by atoms with Gasteiger partial charge in [-0.2, -0.15) is 0 Å². The second-order valence-electron chi connectivity index (χ2n) is 1.56. The second kappa shape index (κ2) is 66.2. The van der Waals surface area contributed by atoms with Crippen LogP contribution < -0.4 is 0 Å². The molecule has 13 heteroatoms. The molecule has 1 radical (unpaired) electrons. The summed E-state index contributed by atoms with van der Waals surface area (Å²) in [5, 5.41) is 22.2. The van der Waals surface area contributed by atoms with Gasteiger partial charge >= 0.3 is 0 Å². The molecule has 0 amide bonds. The molecule has 0 aromatic heterocycles. The van der Waals surface area contributed by atoms with Gasteiger partial charge in [-0.05, 0) is 0 Å². The van der Waals surface area contributed by atoms with E-state index in [1.54, 1.807) is 0 Å². The predicted molar refractivity (Wildman–Crippen MR) is 61.6 cm³/mol. The van der Waals surface area contributed by atoms with Gasteiger partial charge in [0.1, 0.15) is 0 Å². The zero-order chi connectivity index (χ0) is 10.7. The monoisotopic (exact) mass is 453 g/mol. The van der Waals surface area contributed by atoms with Crippen molar-refractivity contribution in [2.45, 2.75) is 20.8 Å². The van der Waals surface area contributed by atoms with Crippen LogP contribution in [0.1, 0.15) is 20.8 Å². The Morgan fingerprint density at radius 2 is 0.526 bits per heavy atom. The fourth-order valence-corrected chi connectivity index (χ4v) is 0. The minimum absolute atomic E-state index is 0. The van der Waals surface area contributed by atoms with Gasteiger partial charge in [0.25, 0.3) is 17.9 Å². The molecule has 131 valence electrons. The van der Waals surface area contributed by atoms with Crippen LogP contribution >= 0.6 is 0 Å². The van der Waals surface area contributed by atoms with Crippen molar-refractivity contribution >= 4 is 17.9 Å². The summed E-state index contributed by atoms with van der Waals surface area (Å²) in [5.74, 6) is -2.50. The Morgan fingerprint density at radius 3 is 0.526 bits per heavy atom. The molecule has 12 nitrogen and oxygen atoms in total. The number of aliphatic carboxylic acids is 3. The summed E-state index contributed by atoms with van der Waals surface area (Å²) in [5.41, 5.74) is 0. The van der Waals surface area contributed by atoms with Crippen LogP contribution in [0.5, 0.6) is 0 Å². The summed E-state index contributed by atoms with van der Waals surface area (Å²) in [4.78, 5) is 27.0. The quantitative estimate of drug-likeness (QED) is 0.302. The van der Waals surface area contributed by atoms with E-state index < -0.39 is 17.9 Å². The maximum absolute atomic E-state index is 9.00. The molecule has 19 heavy (non-hydrogen) atoms. The molecule has 0 aromatic rings. The van der Waals surface area contributed by atoms with Crippen LogP contribution in [0, 0.1) is 37.7 Å². The smallest absolute Gasteiger partial charge is 0.300 e. The average Bonchev–Trinajstić information content (AvgIpc) is 1.54. The molecule has 0 spiro atoms. The molecule has 0 heterocycles. The van der Waals surface area contributed by atoms with E-state index in [4.69, 9.17) is 29.7 Å². The molecular weight excluding hydrogens is 429 g/mol. The van der Waals surface area contributed by atoms with E-state index in [1.165, 1.54) is 0 Å². The molecule has 0 aliphatic carbocycles. The number of carboxylic acid groups (broad SMARTS) is 3. The largest absolute Gasteiger partial charge is 0.481 e. The normalized spacial score (nSPS) is 3.95. The summed E-state index contributed by atoms with van der Waals surface area (Å²) in [6, 6.07) is 0. The Kier molecular flexibility index (Phi) is 275. The van der Waals surface area contributed by atoms with Crippen LogP contribution in [0.2, 0.25) is 0 Å². The van der Waals surface area contributed by atoms with Gasteiger partial charge in [-0.25, -0.2) is 0 Å². The molecule has 15 N–H and O–H groups in total. The number of carbonyl (C=O) groups is 3. The molecule has 0 aliphatic heterocycles. The fourth-order valence-electron chi connectivity index (χ4n) is 0. The van der Waals surface area contributed by atoms with Gasteiger partial charge in [0.05, 0.1) is 0 Å². The van der Waals surface area contributed by atoms with Crippen molar-refractivity contribution in [1.82, 2.24) is 0 Å². The third kappa shape index (κ3) is 12800. The van der Waals surface area contributed by atoms with E-state index in [0.29, 0.717) is 0 Å². The first-order chi connectivity index (χ1) is 5.20. The van der Waals surface area contributed by atoms with E-state index in [-0.39, 0.29) is 70.6 Å². The number of hydrogen-bond acceptors (Lipinski definition) is 3. The van der Waals surface area contributed by atoms with Gasteiger partial charge in [-0.3, -0.25) is 14.4 Å². The van der Waals surface area contributed by atoms with Crippen LogP contribution in [0.4, 0.5) is 0 Å². The van der Waals surface area contributed by atoms with E-state index in [9.17, 15) is 0 Å². The van der Waals surface area contributed by atoms with Crippen molar-refractivity contribution in [3.05, 3.63) is 0 Å². The third-order valence-electron chi connectivity index (χ3n) is 0. The Bertz CT molecular complexity index is 120. The van der Waals surface area contributed by atoms with Gasteiger partial charge < -0.3 is 48.2 Å². The molecule has 0 rings (SSSR count). The first kappa shape index (κ1) is 78.8. The van der Waals surface area contributed by atoms with Gasteiger partial charge in [0.15, 0.2) is 0 Å². The summed E-state index contributed by atoms with van der Waals surface area (Å²) in [6.07, 6.45) is 0. The SMILES string of the molecule is CC(=O)O.CC(=O)O.CC(=O)O.O.O.O.O.O.O.[Ho]. The van der Waals surface area contributed by atoms with E-state index >= 15 is 0 Å². The third-order valence-corrected chi connectivity index (χ3v) is 0. The van der Waals surface area contributed by atoms with Gasteiger partial charge in [-0.15, -0.1) is 0 Å². The van der Waals surface area contributed by atoms with Crippen molar-refractivity contribution in [3.8, 4) is 0 Å². The number of rotatable bonds is 0. The molecule has 0 aromatic carbocycles. The first-order valence-corrected chi connectivity index (χ1v) is 2.78. The van der Waals surface area contributed by atoms with Crippen LogP contribution in [0.15, 0.2) is 0 Å². The average molecular weight is 453 g/mol. The molecule has 0 atom stereocenters. The topological polar surface area (TPSA) is 301 Å². The van der Waals surface area contributed by atoms with E-state index in [1.807, 2.05) is 0 Å². The number of carboxylic acids is 3. The van der Waals surface area contributed by atoms with Crippen LogP contribution in [0.3, 0.4) is 0 Å². The fraction of sp³-hybridized carbons (Fsp3) is 0.500. The molecule has 0 saturated heterocycles. The number of hydrogen-bond donors (Lipinski definition) is 3. The van der Waals surface area contributed by atoms with E-state index in [0.717, 1.165) is 20.8 Å². The van der Waals surface area contributed by atoms with Crippen molar-refractivity contribution in [3.63, 3.8) is 0 Å². The maximum Gasteiger partial charge on any atom is 0.300 e. The summed E-state index contributed by atoms with van der Waals surface area (Å²) < 4.78 is 0. The van der Waals surface area contributed by atoms with Crippen molar-refractivity contribution in [1.29, 1.82) is 0 Å². The van der Waals surface area contributed by atoms with Crippen molar-refractivity contribution in [2.24, 2.45) is 0 Å². The zero-order valence-corrected chi connectivity index (χ0v) is 12.3. The molecule has 0 aliphatic rings. The Balaban J connectivity index is -0.00000000675. The Morgan fingerprint density at radius 1 is 0.526 bits per heavy atom. The predicted octanol–water partition coefficient (Wildman–Crippen LogP) is -4.68. The molecule has 0 bridgehead atoms. The minimum atomic E-state index is -0.833. The molecular formula is C6H24HoO12. The van der Waals surface area contributed by atoms with Gasteiger partial charge in [0.2, 0.25) is 0 Å². The zero-order valence-electron chi connectivity index (χ0n) is 10.4. The standard InChI is InChI=1S/3C2H4O2.Ho.6H2O/c3*1-2(3)4;;;;;;;/h3*1H3,(H,3,4);;6*1H2. The second-order valence-corrected chi connectivity index (χ2v) is 1.56. The van der Waals surface area contributed by atoms with Crippen LogP contribution in [-0.2, 0) is 14.4 Å². The van der Waals surface area contributed by atoms with Crippen molar-refractivity contribution < 1.29 is 100 Å². The summed E-state index contributed by atoms with van der Waals surface area (Å²) >= 11 is 0. The van der Waals surface area contributed by atoms with Crippen LogP contribution in [-0.4, -0.2) is 66.1 Å². The van der Waals surface area contributed by atoms with Crippen LogP contribution in [0.25, 0.3) is 0 Å². The minimum Gasteiger partial charge on any atom is -0.481 e. The van der Waals surface area contributed by atoms with Crippen molar-refractivity contribution in [2.75, 3.05) is 0 Å². The van der Waals surface area contributed by atoms with E-state index in [2.05, 4.69) is 0 Å². The molecule has 0 unspecified atom stereocenters. The first-order valence-electron chi connectivity index (χ1n) is 2.78. The Hall–Kier alpha value is -0.570. The summed E-state index contributed by atoms with van der Waals surface area (Å²) in [6.45, 7) is 3.25. The maximum atomic E-state index is 9.00. The van der Waals surface area contributed by atoms with Gasteiger partial charge in [-0.1, -0.05) is 0 Å². The molecule has 0 saturated carbocycles.